The molecule has 0 bridgehead atoms. The molecule has 0 radical (unpaired) electrons. The number of aromatic nitrogens is 2. The van der Waals surface area contributed by atoms with Crippen molar-refractivity contribution in [2.75, 3.05) is 26.7 Å². The van der Waals surface area contributed by atoms with Crippen molar-refractivity contribution < 1.29 is 9.53 Å². The molecule has 1 aromatic heterocycles. The Bertz CT molecular complexity index is 285. The van der Waals surface area contributed by atoms with Crippen molar-refractivity contribution in [2.24, 2.45) is 0 Å². The zero-order chi connectivity index (χ0) is 11.1. The summed E-state index contributed by atoms with van der Waals surface area (Å²) in [4.78, 5) is 17.0. The van der Waals surface area contributed by atoms with Crippen molar-refractivity contribution in [3.05, 3.63) is 18.7 Å². The van der Waals surface area contributed by atoms with Gasteiger partial charge in [-0.15, -0.1) is 0 Å². The highest BCUT2D eigenvalue weighted by Gasteiger charge is 2.08. The Morgan fingerprint density at radius 1 is 1.60 bits per heavy atom. The SMILES string of the molecule is CCN(CCn1ccnc1)CC(=O)OC. The van der Waals surface area contributed by atoms with E-state index in [9.17, 15) is 4.79 Å². The zero-order valence-corrected chi connectivity index (χ0v) is 9.22. The van der Waals surface area contributed by atoms with E-state index in [-0.39, 0.29) is 5.97 Å². The largest absolute Gasteiger partial charge is 0.468 e. The van der Waals surface area contributed by atoms with Crippen LogP contribution in [0.3, 0.4) is 0 Å². The molecule has 0 N–H and O–H groups in total. The fraction of sp³-hybridized carbons (Fsp3) is 0.600. The molecule has 5 nitrogen and oxygen atoms in total. The summed E-state index contributed by atoms with van der Waals surface area (Å²) in [5.74, 6) is -0.192. The van der Waals surface area contributed by atoms with E-state index < -0.39 is 0 Å². The monoisotopic (exact) mass is 211 g/mol. The first kappa shape index (κ1) is 11.7. The van der Waals surface area contributed by atoms with Gasteiger partial charge in [-0.3, -0.25) is 9.69 Å². The number of rotatable bonds is 6. The first-order valence-electron chi connectivity index (χ1n) is 5.01. The molecule has 0 spiro atoms. The number of hydrogen-bond donors (Lipinski definition) is 0. The van der Waals surface area contributed by atoms with Crippen LogP contribution in [0, 0.1) is 0 Å². The van der Waals surface area contributed by atoms with Gasteiger partial charge >= 0.3 is 5.97 Å². The Kier molecular flexibility index (Phi) is 4.83. The molecule has 0 amide bonds. The maximum atomic E-state index is 11.1. The number of imidazole rings is 1. The molecule has 0 aromatic carbocycles. The number of likely N-dealkylation sites (N-methyl/N-ethyl adjacent to an activating group) is 1. The van der Waals surface area contributed by atoms with E-state index in [2.05, 4.69) is 9.72 Å². The molecule has 0 unspecified atom stereocenters. The number of carbonyl (C=O) groups is 1. The number of nitrogens with zero attached hydrogens (tertiary/aromatic N) is 3. The fourth-order valence-corrected chi connectivity index (χ4v) is 1.27. The predicted molar refractivity (Wildman–Crippen MR) is 56.4 cm³/mol. The average molecular weight is 211 g/mol. The molecule has 15 heavy (non-hydrogen) atoms. The third-order valence-corrected chi connectivity index (χ3v) is 2.26. The Morgan fingerprint density at radius 2 is 2.40 bits per heavy atom. The van der Waals surface area contributed by atoms with Gasteiger partial charge in [-0.1, -0.05) is 6.92 Å². The number of methoxy groups -OCH3 is 1. The van der Waals surface area contributed by atoms with Crippen molar-refractivity contribution in [1.82, 2.24) is 14.5 Å². The number of hydrogen-bond acceptors (Lipinski definition) is 4. The number of esters is 1. The lowest BCUT2D eigenvalue weighted by Crippen LogP contribution is -2.33. The highest BCUT2D eigenvalue weighted by molar-refractivity contribution is 5.71. The minimum Gasteiger partial charge on any atom is -0.468 e. The summed E-state index contributed by atoms with van der Waals surface area (Å²) >= 11 is 0. The van der Waals surface area contributed by atoms with Crippen LogP contribution < -0.4 is 0 Å². The molecular weight excluding hydrogens is 194 g/mol. The van der Waals surface area contributed by atoms with Crippen LogP contribution in [0.15, 0.2) is 18.7 Å². The summed E-state index contributed by atoms with van der Waals surface area (Å²) in [7, 11) is 1.41. The molecule has 0 aliphatic heterocycles. The van der Waals surface area contributed by atoms with Crippen molar-refractivity contribution in [3.63, 3.8) is 0 Å². The summed E-state index contributed by atoms with van der Waals surface area (Å²) < 4.78 is 6.61. The van der Waals surface area contributed by atoms with E-state index in [0.29, 0.717) is 6.54 Å². The van der Waals surface area contributed by atoms with Gasteiger partial charge in [0.05, 0.1) is 20.0 Å². The van der Waals surface area contributed by atoms with Crippen LogP contribution in [0.1, 0.15) is 6.92 Å². The summed E-state index contributed by atoms with van der Waals surface area (Å²) in [6.07, 6.45) is 5.43. The van der Waals surface area contributed by atoms with Gasteiger partial charge in [0.25, 0.3) is 0 Å². The lowest BCUT2D eigenvalue weighted by Gasteiger charge is -2.18. The summed E-state index contributed by atoms with van der Waals surface area (Å²) in [6.45, 7) is 4.87. The second kappa shape index (κ2) is 6.19. The van der Waals surface area contributed by atoms with E-state index in [4.69, 9.17) is 0 Å². The average Bonchev–Trinajstić information content (AvgIpc) is 2.76. The lowest BCUT2D eigenvalue weighted by atomic mass is 10.4. The maximum Gasteiger partial charge on any atom is 0.319 e. The van der Waals surface area contributed by atoms with E-state index in [1.807, 2.05) is 22.6 Å². The van der Waals surface area contributed by atoms with Crippen LogP contribution in [0.5, 0.6) is 0 Å². The minimum atomic E-state index is -0.192. The molecule has 1 aromatic rings. The van der Waals surface area contributed by atoms with Crippen molar-refractivity contribution in [1.29, 1.82) is 0 Å². The molecule has 84 valence electrons. The first-order chi connectivity index (χ1) is 7.26. The highest BCUT2D eigenvalue weighted by atomic mass is 16.5. The van der Waals surface area contributed by atoms with Gasteiger partial charge in [0.15, 0.2) is 0 Å². The predicted octanol–water partition coefficient (Wildman–Crippen LogP) is 0.378. The molecule has 0 fully saturated rings. The Balaban J connectivity index is 2.31. The van der Waals surface area contributed by atoms with Gasteiger partial charge in [0.2, 0.25) is 0 Å². The van der Waals surface area contributed by atoms with Gasteiger partial charge in [-0.05, 0) is 6.54 Å². The molecule has 1 rings (SSSR count). The third kappa shape index (κ3) is 4.12. The van der Waals surface area contributed by atoms with E-state index in [1.165, 1.54) is 7.11 Å². The van der Waals surface area contributed by atoms with Crippen LogP contribution in [0.2, 0.25) is 0 Å². The Labute approximate surface area is 89.7 Å². The first-order valence-corrected chi connectivity index (χ1v) is 5.01. The number of carbonyl (C=O) groups excluding carboxylic acids is 1. The Morgan fingerprint density at radius 3 is 2.93 bits per heavy atom. The molecule has 0 aliphatic carbocycles. The quantitative estimate of drug-likeness (QED) is 0.638. The smallest absolute Gasteiger partial charge is 0.319 e. The van der Waals surface area contributed by atoms with Gasteiger partial charge in [-0.2, -0.15) is 0 Å². The van der Waals surface area contributed by atoms with Gasteiger partial charge in [0.1, 0.15) is 0 Å². The molecular formula is C10H17N3O2. The molecule has 0 aliphatic rings. The third-order valence-electron chi connectivity index (χ3n) is 2.26. The topological polar surface area (TPSA) is 47.4 Å². The normalized spacial score (nSPS) is 10.6. The van der Waals surface area contributed by atoms with Gasteiger partial charge < -0.3 is 9.30 Å². The standard InChI is InChI=1S/C10H17N3O2/c1-3-12(8-10(14)15-2)6-7-13-5-4-11-9-13/h4-5,9H,3,6-8H2,1-2H3. The summed E-state index contributed by atoms with van der Waals surface area (Å²) in [6, 6.07) is 0. The lowest BCUT2D eigenvalue weighted by molar-refractivity contribution is -0.141. The molecule has 0 saturated heterocycles. The van der Waals surface area contributed by atoms with Crippen LogP contribution in [0.4, 0.5) is 0 Å². The highest BCUT2D eigenvalue weighted by Crippen LogP contribution is 1.92. The van der Waals surface area contributed by atoms with Crippen LogP contribution in [-0.2, 0) is 16.1 Å². The van der Waals surface area contributed by atoms with Crippen molar-refractivity contribution >= 4 is 5.97 Å². The maximum absolute atomic E-state index is 11.1. The van der Waals surface area contributed by atoms with E-state index in [1.54, 1.807) is 12.5 Å². The summed E-state index contributed by atoms with van der Waals surface area (Å²) in [5, 5.41) is 0. The van der Waals surface area contributed by atoms with Crippen LogP contribution >= 0.6 is 0 Å². The molecule has 1 heterocycles. The molecule has 0 atom stereocenters. The molecule has 5 heteroatoms. The number of ether oxygens (including phenoxy) is 1. The van der Waals surface area contributed by atoms with Gasteiger partial charge in [-0.25, -0.2) is 4.98 Å². The second-order valence-electron chi connectivity index (χ2n) is 3.25. The zero-order valence-electron chi connectivity index (χ0n) is 9.22. The van der Waals surface area contributed by atoms with Crippen LogP contribution in [0.25, 0.3) is 0 Å². The second-order valence-corrected chi connectivity index (χ2v) is 3.25. The van der Waals surface area contributed by atoms with E-state index in [0.717, 1.165) is 19.6 Å². The van der Waals surface area contributed by atoms with Crippen molar-refractivity contribution in [3.8, 4) is 0 Å². The van der Waals surface area contributed by atoms with Crippen molar-refractivity contribution in [2.45, 2.75) is 13.5 Å². The van der Waals surface area contributed by atoms with Crippen LogP contribution in [-0.4, -0.2) is 47.2 Å². The van der Waals surface area contributed by atoms with Gasteiger partial charge in [0, 0.05) is 25.5 Å². The Hall–Kier alpha value is -1.36. The fourth-order valence-electron chi connectivity index (χ4n) is 1.27. The van der Waals surface area contributed by atoms with E-state index >= 15 is 0 Å². The minimum absolute atomic E-state index is 0.192. The molecule has 0 saturated carbocycles. The summed E-state index contributed by atoms with van der Waals surface area (Å²) in [5.41, 5.74) is 0.